The average Bonchev–Trinajstić information content (AvgIpc) is 2.47. The van der Waals surface area contributed by atoms with Crippen LogP contribution in [0.5, 0.6) is 11.5 Å². The monoisotopic (exact) mass is 318 g/mol. The number of rotatable bonds is 8. The molecule has 0 saturated carbocycles. The second kappa shape index (κ2) is 9.72. The van der Waals surface area contributed by atoms with Crippen LogP contribution in [-0.2, 0) is 4.74 Å². The first-order valence-electron chi connectivity index (χ1n) is 7.86. The molecule has 0 amide bonds. The van der Waals surface area contributed by atoms with Crippen LogP contribution in [0.25, 0.3) is 0 Å². The summed E-state index contributed by atoms with van der Waals surface area (Å²) in [5, 5.41) is 9.86. The first-order chi connectivity index (χ1) is 10.9. The fourth-order valence-electron chi connectivity index (χ4n) is 1.95. The Morgan fingerprint density at radius 1 is 1.22 bits per heavy atom. The summed E-state index contributed by atoms with van der Waals surface area (Å²) >= 11 is 0. The summed E-state index contributed by atoms with van der Waals surface area (Å²) < 4.78 is 10.4. The summed E-state index contributed by atoms with van der Waals surface area (Å²) in [6.45, 7) is 8.68. The third-order valence-electron chi connectivity index (χ3n) is 3.24. The van der Waals surface area contributed by atoms with E-state index < -0.39 is 5.97 Å². The van der Waals surface area contributed by atoms with Crippen molar-refractivity contribution in [3.63, 3.8) is 0 Å². The minimum absolute atomic E-state index is 0.134. The van der Waals surface area contributed by atoms with Gasteiger partial charge in [-0.25, -0.2) is 4.79 Å². The van der Waals surface area contributed by atoms with Crippen LogP contribution in [0, 0.1) is 0 Å². The van der Waals surface area contributed by atoms with Crippen molar-refractivity contribution in [1.82, 2.24) is 0 Å². The molecule has 0 heterocycles. The summed E-state index contributed by atoms with van der Waals surface area (Å²) in [7, 11) is 0. The van der Waals surface area contributed by atoms with Gasteiger partial charge in [-0.3, -0.25) is 0 Å². The van der Waals surface area contributed by atoms with Gasteiger partial charge in [0.2, 0.25) is 0 Å². The van der Waals surface area contributed by atoms with Crippen LogP contribution < -0.4 is 4.74 Å². The largest absolute Gasteiger partial charge is 0.507 e. The molecule has 126 valence electrons. The summed E-state index contributed by atoms with van der Waals surface area (Å²) in [6, 6.07) is 4.59. The zero-order valence-electron chi connectivity index (χ0n) is 14.4. The summed E-state index contributed by atoms with van der Waals surface area (Å²) in [4.78, 5) is 11.6. The first kappa shape index (κ1) is 18.8. The van der Waals surface area contributed by atoms with E-state index in [0.717, 1.165) is 12.8 Å². The molecule has 0 aliphatic heterocycles. The number of benzene rings is 1. The summed E-state index contributed by atoms with van der Waals surface area (Å²) in [6.07, 6.45) is 6.26. The molecule has 0 aromatic heterocycles. The Balaban J connectivity index is 2.54. The molecule has 0 aliphatic rings. The van der Waals surface area contributed by atoms with E-state index in [0.29, 0.717) is 12.4 Å². The fourth-order valence-corrected chi connectivity index (χ4v) is 1.95. The molecule has 0 aliphatic carbocycles. The van der Waals surface area contributed by atoms with E-state index in [9.17, 15) is 9.90 Å². The van der Waals surface area contributed by atoms with Crippen molar-refractivity contribution in [2.24, 2.45) is 0 Å². The minimum atomic E-state index is -0.536. The van der Waals surface area contributed by atoms with Crippen molar-refractivity contribution in [3.05, 3.63) is 47.1 Å². The second-order valence-electron chi connectivity index (χ2n) is 5.58. The van der Waals surface area contributed by atoms with Gasteiger partial charge >= 0.3 is 5.97 Å². The Labute approximate surface area is 138 Å². The molecule has 0 spiro atoms. The van der Waals surface area contributed by atoms with E-state index >= 15 is 0 Å². The smallest absolute Gasteiger partial charge is 0.341 e. The van der Waals surface area contributed by atoms with Crippen molar-refractivity contribution >= 4 is 5.97 Å². The predicted molar refractivity (Wildman–Crippen MR) is 92.0 cm³/mol. The lowest BCUT2D eigenvalue weighted by Gasteiger charge is -2.08. The van der Waals surface area contributed by atoms with Gasteiger partial charge in [0.15, 0.2) is 0 Å². The van der Waals surface area contributed by atoms with Crippen molar-refractivity contribution in [1.29, 1.82) is 0 Å². The standard InChI is InChI=1S/C19H26O4/c1-5-22-19(21)17-10-9-16(13-18(17)20)23-12-11-15(4)8-6-7-14(2)3/h7,9-11,13,20H,5-6,8,12H2,1-4H3/b15-11+. The molecule has 0 saturated heterocycles. The zero-order valence-corrected chi connectivity index (χ0v) is 14.4. The van der Waals surface area contributed by atoms with E-state index in [1.165, 1.54) is 23.3 Å². The number of aromatic hydroxyl groups is 1. The van der Waals surface area contributed by atoms with E-state index in [4.69, 9.17) is 9.47 Å². The third kappa shape index (κ3) is 7.04. The van der Waals surface area contributed by atoms with Crippen LogP contribution >= 0.6 is 0 Å². The number of carbonyl (C=O) groups is 1. The van der Waals surface area contributed by atoms with Crippen LogP contribution in [0.2, 0.25) is 0 Å². The number of phenols is 1. The molecule has 1 aromatic rings. The average molecular weight is 318 g/mol. The van der Waals surface area contributed by atoms with Gasteiger partial charge in [-0.15, -0.1) is 0 Å². The number of phenolic OH excluding ortho intramolecular Hbond substituents is 1. The highest BCUT2D eigenvalue weighted by molar-refractivity contribution is 5.92. The van der Waals surface area contributed by atoms with Crippen molar-refractivity contribution in [2.75, 3.05) is 13.2 Å². The Kier molecular flexibility index (Phi) is 7.95. The Hall–Kier alpha value is -2.23. The lowest BCUT2D eigenvalue weighted by atomic mass is 10.1. The maximum absolute atomic E-state index is 11.6. The normalized spacial score (nSPS) is 11.0. The molecule has 1 rings (SSSR count). The van der Waals surface area contributed by atoms with Gasteiger partial charge in [-0.05, 0) is 58.7 Å². The molecule has 1 N–H and O–H groups in total. The van der Waals surface area contributed by atoms with E-state index in [2.05, 4.69) is 26.8 Å². The van der Waals surface area contributed by atoms with Gasteiger partial charge < -0.3 is 14.6 Å². The highest BCUT2D eigenvalue weighted by atomic mass is 16.5. The molecule has 4 nitrogen and oxygen atoms in total. The van der Waals surface area contributed by atoms with Gasteiger partial charge in [0.1, 0.15) is 23.7 Å². The van der Waals surface area contributed by atoms with Crippen molar-refractivity contribution in [2.45, 2.75) is 40.5 Å². The number of esters is 1. The highest BCUT2D eigenvalue weighted by Crippen LogP contribution is 2.24. The molecule has 4 heteroatoms. The van der Waals surface area contributed by atoms with Gasteiger partial charge in [0, 0.05) is 6.07 Å². The predicted octanol–water partition coefficient (Wildman–Crippen LogP) is 4.64. The van der Waals surface area contributed by atoms with E-state index in [-0.39, 0.29) is 17.9 Å². The van der Waals surface area contributed by atoms with Crippen LogP contribution in [0.4, 0.5) is 0 Å². The second-order valence-corrected chi connectivity index (χ2v) is 5.58. The lowest BCUT2D eigenvalue weighted by Crippen LogP contribution is -2.05. The fraction of sp³-hybridized carbons (Fsp3) is 0.421. The molecule has 23 heavy (non-hydrogen) atoms. The maximum Gasteiger partial charge on any atom is 0.341 e. The zero-order chi connectivity index (χ0) is 17.2. The summed E-state index contributed by atoms with van der Waals surface area (Å²) in [5.41, 5.74) is 2.73. The third-order valence-corrected chi connectivity index (χ3v) is 3.24. The molecule has 1 aromatic carbocycles. The van der Waals surface area contributed by atoms with Crippen LogP contribution in [0.15, 0.2) is 41.5 Å². The topological polar surface area (TPSA) is 55.8 Å². The Morgan fingerprint density at radius 3 is 2.57 bits per heavy atom. The SMILES string of the molecule is CCOC(=O)c1ccc(OC/C=C(\C)CCC=C(C)C)cc1O. The van der Waals surface area contributed by atoms with Crippen molar-refractivity contribution < 1.29 is 19.4 Å². The van der Waals surface area contributed by atoms with Crippen LogP contribution in [-0.4, -0.2) is 24.3 Å². The van der Waals surface area contributed by atoms with Gasteiger partial charge in [0.05, 0.1) is 6.61 Å². The highest BCUT2D eigenvalue weighted by Gasteiger charge is 2.12. The molecular weight excluding hydrogens is 292 g/mol. The van der Waals surface area contributed by atoms with Crippen molar-refractivity contribution in [3.8, 4) is 11.5 Å². The number of hydrogen-bond acceptors (Lipinski definition) is 4. The molecular formula is C19H26O4. The molecule has 0 radical (unpaired) electrons. The number of ether oxygens (including phenoxy) is 2. The molecule has 0 unspecified atom stereocenters. The van der Waals surface area contributed by atoms with Gasteiger partial charge in [-0.1, -0.05) is 17.2 Å². The number of hydrogen-bond donors (Lipinski definition) is 1. The number of carbonyl (C=O) groups excluding carboxylic acids is 1. The number of allylic oxidation sites excluding steroid dienone is 3. The molecule has 0 fully saturated rings. The summed E-state index contributed by atoms with van der Waals surface area (Å²) in [5.74, 6) is -0.152. The molecule has 0 bridgehead atoms. The maximum atomic E-state index is 11.6. The van der Waals surface area contributed by atoms with Gasteiger partial charge in [-0.2, -0.15) is 0 Å². The van der Waals surface area contributed by atoms with Crippen LogP contribution in [0.3, 0.4) is 0 Å². The lowest BCUT2D eigenvalue weighted by molar-refractivity contribution is 0.0523. The van der Waals surface area contributed by atoms with E-state index in [1.54, 1.807) is 13.0 Å². The van der Waals surface area contributed by atoms with Gasteiger partial charge in [0.25, 0.3) is 0 Å². The van der Waals surface area contributed by atoms with E-state index in [1.807, 2.05) is 6.08 Å². The Morgan fingerprint density at radius 2 is 1.96 bits per heavy atom. The quantitative estimate of drug-likeness (QED) is 0.560. The van der Waals surface area contributed by atoms with Crippen LogP contribution in [0.1, 0.15) is 50.9 Å². The minimum Gasteiger partial charge on any atom is -0.507 e. The Bertz CT molecular complexity index is 581. The molecule has 0 atom stereocenters. The first-order valence-corrected chi connectivity index (χ1v) is 7.86.